The molecule has 0 radical (unpaired) electrons. The average Bonchev–Trinajstić information content (AvgIpc) is 2.38. The monoisotopic (exact) mass is 284 g/mol. The molecule has 0 heterocycles. The molecule has 1 atom stereocenters. The van der Waals surface area contributed by atoms with Gasteiger partial charge in [0.2, 0.25) is 0 Å². The van der Waals surface area contributed by atoms with Crippen molar-refractivity contribution in [2.45, 2.75) is 12.5 Å². The summed E-state index contributed by atoms with van der Waals surface area (Å²) < 4.78 is 0. The molecule has 1 aromatic rings. The fourth-order valence-electron chi connectivity index (χ4n) is 1.90. The van der Waals surface area contributed by atoms with Gasteiger partial charge in [-0.25, -0.2) is 0 Å². The van der Waals surface area contributed by atoms with Crippen LogP contribution < -0.4 is 10.6 Å². The van der Waals surface area contributed by atoms with Crippen LogP contribution in [0.3, 0.4) is 0 Å². The number of anilines is 1. The number of phenols is 1. The van der Waals surface area contributed by atoms with Gasteiger partial charge in [-0.3, -0.25) is 4.79 Å². The maximum Gasteiger partial charge on any atom is 0.320 e. The fraction of sp³-hybridized carbons (Fsp3) is 0.462. The second kappa shape index (κ2) is 7.68. The molecule has 0 aliphatic carbocycles. The van der Waals surface area contributed by atoms with E-state index >= 15 is 0 Å². The highest BCUT2D eigenvalue weighted by Crippen LogP contribution is 2.28. The van der Waals surface area contributed by atoms with Crippen LogP contribution in [0.2, 0.25) is 0 Å². The molecule has 0 saturated carbocycles. The number of aliphatic carboxylic acids is 1. The van der Waals surface area contributed by atoms with Crippen LogP contribution in [0, 0.1) is 0 Å². The van der Waals surface area contributed by atoms with Gasteiger partial charge in [0.1, 0.15) is 11.8 Å². The summed E-state index contributed by atoms with van der Waals surface area (Å²) in [5.74, 6) is -1.14. The Hall–Kier alpha value is -1.83. The number of carboxylic acids is 1. The molecule has 0 spiro atoms. The Kier molecular flexibility index (Phi) is 6.23. The van der Waals surface area contributed by atoms with E-state index in [4.69, 9.17) is 21.1 Å². The third-order valence-electron chi connectivity index (χ3n) is 2.89. The predicted octanol–water partition coefficient (Wildman–Crippen LogP) is -0.862. The van der Waals surface area contributed by atoms with Crippen LogP contribution >= 0.6 is 0 Å². The fourth-order valence-corrected chi connectivity index (χ4v) is 1.90. The van der Waals surface area contributed by atoms with Gasteiger partial charge < -0.3 is 31.1 Å². The molecular weight excluding hydrogens is 264 g/mol. The number of aromatic hydroxyl groups is 1. The van der Waals surface area contributed by atoms with Crippen molar-refractivity contribution in [2.24, 2.45) is 5.73 Å². The van der Waals surface area contributed by atoms with E-state index in [9.17, 15) is 9.90 Å². The number of aliphatic hydroxyl groups excluding tert-OH is 2. The first-order valence-corrected chi connectivity index (χ1v) is 6.26. The summed E-state index contributed by atoms with van der Waals surface area (Å²) in [5.41, 5.74) is 6.51. The van der Waals surface area contributed by atoms with E-state index < -0.39 is 12.0 Å². The lowest BCUT2D eigenvalue weighted by Crippen LogP contribution is -2.32. The average molecular weight is 284 g/mol. The largest absolute Gasteiger partial charge is 0.506 e. The molecule has 1 unspecified atom stereocenters. The number of nitrogens with zero attached hydrogens (tertiary/aromatic N) is 1. The van der Waals surface area contributed by atoms with Gasteiger partial charge in [0, 0.05) is 13.1 Å². The Morgan fingerprint density at radius 3 is 2.30 bits per heavy atom. The third-order valence-corrected chi connectivity index (χ3v) is 2.89. The van der Waals surface area contributed by atoms with Crippen molar-refractivity contribution < 1.29 is 25.2 Å². The second-order valence-electron chi connectivity index (χ2n) is 4.41. The molecule has 0 aromatic heterocycles. The number of nitrogens with two attached hydrogens (primary N) is 1. The van der Waals surface area contributed by atoms with Crippen molar-refractivity contribution in [3.63, 3.8) is 0 Å². The van der Waals surface area contributed by atoms with Crippen LogP contribution in [0.4, 0.5) is 5.69 Å². The van der Waals surface area contributed by atoms with Gasteiger partial charge in [-0.05, 0) is 24.1 Å². The molecule has 7 nitrogen and oxygen atoms in total. The molecule has 0 amide bonds. The van der Waals surface area contributed by atoms with Crippen LogP contribution in [0.1, 0.15) is 5.56 Å². The van der Waals surface area contributed by atoms with Crippen LogP contribution in [0.15, 0.2) is 18.2 Å². The first-order valence-electron chi connectivity index (χ1n) is 6.26. The van der Waals surface area contributed by atoms with Crippen molar-refractivity contribution in [3.05, 3.63) is 23.8 Å². The topological polar surface area (TPSA) is 127 Å². The third kappa shape index (κ3) is 4.37. The minimum Gasteiger partial charge on any atom is -0.506 e. The molecule has 1 aromatic carbocycles. The van der Waals surface area contributed by atoms with Gasteiger partial charge in [0.05, 0.1) is 18.9 Å². The maximum atomic E-state index is 10.7. The number of phenolic OH excluding ortho intramolecular Hbond substituents is 1. The molecule has 0 aliphatic heterocycles. The second-order valence-corrected chi connectivity index (χ2v) is 4.41. The number of benzene rings is 1. The van der Waals surface area contributed by atoms with Crippen molar-refractivity contribution in [3.8, 4) is 5.75 Å². The summed E-state index contributed by atoms with van der Waals surface area (Å²) in [6, 6.07) is 3.70. The predicted molar refractivity (Wildman–Crippen MR) is 73.8 cm³/mol. The van der Waals surface area contributed by atoms with E-state index in [1.165, 1.54) is 6.07 Å². The molecule has 6 N–H and O–H groups in total. The number of carbonyl (C=O) groups is 1. The summed E-state index contributed by atoms with van der Waals surface area (Å²) in [5, 5.41) is 36.6. The Labute approximate surface area is 116 Å². The van der Waals surface area contributed by atoms with Crippen LogP contribution in [-0.4, -0.2) is 58.7 Å². The number of aliphatic hydroxyl groups is 2. The summed E-state index contributed by atoms with van der Waals surface area (Å²) in [4.78, 5) is 12.3. The van der Waals surface area contributed by atoms with E-state index in [1.54, 1.807) is 17.0 Å². The molecule has 0 fully saturated rings. The lowest BCUT2D eigenvalue weighted by atomic mass is 10.1. The SMILES string of the molecule is NC(Cc1ccc(N(CCO)CCO)c(O)c1)C(=O)O. The number of carboxylic acid groups (broad SMARTS) is 1. The van der Waals surface area contributed by atoms with Crippen molar-refractivity contribution in [1.82, 2.24) is 0 Å². The van der Waals surface area contributed by atoms with Crippen molar-refractivity contribution in [2.75, 3.05) is 31.2 Å². The van der Waals surface area contributed by atoms with Crippen LogP contribution in [0.25, 0.3) is 0 Å². The Morgan fingerprint density at radius 2 is 1.85 bits per heavy atom. The molecular formula is C13H20N2O5. The minimum atomic E-state index is -1.10. The van der Waals surface area contributed by atoms with Crippen LogP contribution in [0.5, 0.6) is 5.75 Å². The smallest absolute Gasteiger partial charge is 0.320 e. The van der Waals surface area contributed by atoms with Crippen LogP contribution in [-0.2, 0) is 11.2 Å². The Bertz CT molecular complexity index is 446. The zero-order valence-electron chi connectivity index (χ0n) is 11.1. The summed E-state index contributed by atoms with van der Waals surface area (Å²) >= 11 is 0. The Balaban J connectivity index is 2.88. The number of hydrogen-bond donors (Lipinski definition) is 5. The lowest BCUT2D eigenvalue weighted by molar-refractivity contribution is -0.138. The van der Waals surface area contributed by atoms with Gasteiger partial charge in [-0.1, -0.05) is 6.07 Å². The Morgan fingerprint density at radius 1 is 1.25 bits per heavy atom. The molecule has 20 heavy (non-hydrogen) atoms. The van der Waals surface area contributed by atoms with E-state index in [2.05, 4.69) is 0 Å². The highest BCUT2D eigenvalue weighted by atomic mass is 16.4. The highest BCUT2D eigenvalue weighted by Gasteiger charge is 2.15. The van der Waals surface area contributed by atoms with Gasteiger partial charge in [0.15, 0.2) is 0 Å². The molecule has 0 aliphatic rings. The van der Waals surface area contributed by atoms with Gasteiger partial charge in [0.25, 0.3) is 0 Å². The number of rotatable bonds is 8. The summed E-state index contributed by atoms with van der Waals surface area (Å²) in [6.07, 6.45) is 0.114. The maximum absolute atomic E-state index is 10.7. The van der Waals surface area contributed by atoms with Gasteiger partial charge >= 0.3 is 5.97 Å². The zero-order chi connectivity index (χ0) is 15.1. The standard InChI is InChI=1S/C13H20N2O5/c14-10(13(19)20)7-9-1-2-11(12(18)8-9)15(3-5-16)4-6-17/h1-2,8,10,16-18H,3-7,14H2,(H,19,20). The van der Waals surface area contributed by atoms with Crippen molar-refractivity contribution in [1.29, 1.82) is 0 Å². The minimum absolute atomic E-state index is 0.0398. The quantitative estimate of drug-likeness (QED) is 0.420. The molecule has 112 valence electrons. The highest BCUT2D eigenvalue weighted by molar-refractivity contribution is 5.73. The van der Waals surface area contributed by atoms with E-state index in [0.29, 0.717) is 11.3 Å². The van der Waals surface area contributed by atoms with Gasteiger partial charge in [-0.2, -0.15) is 0 Å². The normalized spacial score (nSPS) is 12.2. The van der Waals surface area contributed by atoms with Gasteiger partial charge in [-0.15, -0.1) is 0 Å². The van der Waals surface area contributed by atoms with Crippen molar-refractivity contribution >= 4 is 11.7 Å². The molecule has 0 saturated heterocycles. The van der Waals surface area contributed by atoms with E-state index in [1.807, 2.05) is 0 Å². The first kappa shape index (κ1) is 16.2. The number of hydrogen-bond acceptors (Lipinski definition) is 6. The molecule has 7 heteroatoms. The summed E-state index contributed by atoms with van der Waals surface area (Å²) in [7, 11) is 0. The lowest BCUT2D eigenvalue weighted by Gasteiger charge is -2.24. The van der Waals surface area contributed by atoms with E-state index in [-0.39, 0.29) is 38.5 Å². The zero-order valence-corrected chi connectivity index (χ0v) is 11.1. The molecule has 0 bridgehead atoms. The molecule has 1 rings (SSSR count). The summed E-state index contributed by atoms with van der Waals surface area (Å²) in [6.45, 7) is 0.348. The first-order chi connectivity index (χ1) is 9.49. The van der Waals surface area contributed by atoms with E-state index in [0.717, 1.165) is 0 Å².